The maximum absolute atomic E-state index is 12.6. The van der Waals surface area contributed by atoms with Crippen LogP contribution in [0.25, 0.3) is 0 Å². The van der Waals surface area contributed by atoms with Gasteiger partial charge in [0.25, 0.3) is 0 Å². The van der Waals surface area contributed by atoms with E-state index in [9.17, 15) is 33.6 Å². The van der Waals surface area contributed by atoms with Crippen molar-refractivity contribution in [1.82, 2.24) is 0 Å². The third kappa shape index (κ3) is 8.39. The van der Waals surface area contributed by atoms with Crippen LogP contribution in [0.1, 0.15) is 147 Å². The number of esters is 7. The third-order valence-electron chi connectivity index (χ3n) is 18.5. The molecular weight excluding hydrogens is 837 g/mol. The number of rotatable bonds is 12. The Morgan fingerprint density at radius 1 is 0.538 bits per heavy atom. The van der Waals surface area contributed by atoms with Crippen LogP contribution in [0.5, 0.6) is 0 Å². The first kappa shape index (κ1) is 49.2. The molecule has 2 heterocycles. The smallest absolute Gasteiger partial charge is 0.312 e. The molecule has 14 heteroatoms. The maximum atomic E-state index is 12.6. The maximum Gasteiger partial charge on any atom is 0.312 e. The summed E-state index contributed by atoms with van der Waals surface area (Å²) in [7, 11) is 2.63. The second-order valence-corrected chi connectivity index (χ2v) is 23.6. The average Bonchev–Trinajstić information content (AvgIpc) is 4.08. The van der Waals surface area contributed by atoms with Gasteiger partial charge in [-0.25, -0.2) is 0 Å². The van der Waals surface area contributed by atoms with E-state index in [1.807, 2.05) is 55.4 Å². The summed E-state index contributed by atoms with van der Waals surface area (Å²) < 4.78 is 38.0. The molecule has 12 unspecified atom stereocenters. The van der Waals surface area contributed by atoms with E-state index in [1.165, 1.54) is 52.7 Å². The zero-order valence-corrected chi connectivity index (χ0v) is 41.2. The second-order valence-electron chi connectivity index (χ2n) is 23.6. The van der Waals surface area contributed by atoms with Gasteiger partial charge >= 0.3 is 41.8 Å². The van der Waals surface area contributed by atoms with Gasteiger partial charge in [-0.05, 0) is 144 Å². The van der Waals surface area contributed by atoms with Gasteiger partial charge in [-0.2, -0.15) is 0 Å². The summed E-state index contributed by atoms with van der Waals surface area (Å²) in [6.45, 7) is 21.6. The molecular formula is C51H76O14. The summed E-state index contributed by atoms with van der Waals surface area (Å²) in [5, 5.41) is 0. The van der Waals surface area contributed by atoms with E-state index < -0.39 is 70.9 Å². The van der Waals surface area contributed by atoms with Gasteiger partial charge in [0.15, 0.2) is 0 Å². The molecule has 0 spiro atoms. The van der Waals surface area contributed by atoms with Gasteiger partial charge in [-0.1, -0.05) is 20.8 Å². The first-order chi connectivity index (χ1) is 30.3. The molecule has 0 radical (unpaired) electrons. The summed E-state index contributed by atoms with van der Waals surface area (Å²) in [5.74, 6) is -1.90. The van der Waals surface area contributed by atoms with Crippen molar-refractivity contribution in [3.05, 3.63) is 0 Å². The predicted molar refractivity (Wildman–Crippen MR) is 234 cm³/mol. The van der Waals surface area contributed by atoms with Crippen LogP contribution >= 0.6 is 0 Å². The summed E-state index contributed by atoms with van der Waals surface area (Å²) in [5.41, 5.74) is -1.61. The van der Waals surface area contributed by atoms with Gasteiger partial charge in [0.1, 0.15) is 30.0 Å². The molecule has 12 atom stereocenters. The number of hydrogen-bond acceptors (Lipinski definition) is 14. The first-order valence-electron chi connectivity index (χ1n) is 24.5. The SMILES string of the molecule is CCC(C)(C)C(=O)OC(C)(C)C12CC3CC(CC(C3)C1)C2.CCC(C)(C)C(=O)OC1C2CC3C1OC(=O)C3C2C(=O)OC.CCC(C)(C)C(=O)OC1C2CC3C1OC(=O)C3C2C(=O)OC. The predicted octanol–water partition coefficient (Wildman–Crippen LogP) is 7.59. The lowest BCUT2D eigenvalue weighted by Crippen LogP contribution is -2.58. The lowest BCUT2D eigenvalue weighted by Gasteiger charge is -2.61. The number of carbonyl (C=O) groups is 7. The van der Waals surface area contributed by atoms with Gasteiger partial charge in [-0.3, -0.25) is 33.6 Å². The van der Waals surface area contributed by atoms with E-state index in [4.69, 9.17) is 33.2 Å². The molecule has 8 saturated carbocycles. The van der Waals surface area contributed by atoms with Crippen molar-refractivity contribution in [2.45, 2.75) is 177 Å². The Labute approximate surface area is 385 Å². The molecule has 10 fully saturated rings. The topological polar surface area (TPSA) is 184 Å². The Bertz CT molecular complexity index is 1780. The molecule has 2 aliphatic heterocycles. The Hall–Kier alpha value is -3.71. The van der Waals surface area contributed by atoms with Crippen LogP contribution in [-0.4, -0.2) is 86.0 Å². The van der Waals surface area contributed by atoms with Crippen molar-refractivity contribution in [3.8, 4) is 0 Å². The molecule has 8 aliphatic carbocycles. The van der Waals surface area contributed by atoms with Crippen LogP contribution in [0.3, 0.4) is 0 Å². The van der Waals surface area contributed by atoms with Crippen molar-refractivity contribution < 1.29 is 66.7 Å². The standard InChI is InChI=1S/C19H32O2.2C16H22O6/c1-6-17(2,3)16(20)21-18(4,5)19-10-13-7-14(11-19)9-15(8-13)12-19;2*1-5-16(2,3)15(19)22-12-7-6-8-10(9(7)13(17)20-4)14(18)21-11(8)12/h13-15H,6-12H2,1-5H3;2*7-12H,5-6H2,1-4H3. The van der Waals surface area contributed by atoms with Gasteiger partial charge in [0.2, 0.25) is 0 Å². The van der Waals surface area contributed by atoms with Crippen LogP contribution in [-0.2, 0) is 66.7 Å². The van der Waals surface area contributed by atoms with Crippen molar-refractivity contribution in [1.29, 1.82) is 0 Å². The van der Waals surface area contributed by atoms with E-state index in [0.717, 1.165) is 24.2 Å². The van der Waals surface area contributed by atoms with Crippen molar-refractivity contribution in [3.63, 3.8) is 0 Å². The fourth-order valence-corrected chi connectivity index (χ4v) is 13.5. The highest BCUT2D eigenvalue weighted by Crippen LogP contribution is 2.65. The van der Waals surface area contributed by atoms with E-state index in [1.54, 1.807) is 0 Å². The summed E-state index contributed by atoms with van der Waals surface area (Å²) in [4.78, 5) is 85.5. The molecule has 8 bridgehead atoms. The molecule has 10 aliphatic rings. The number of hydrogen-bond donors (Lipinski definition) is 0. The van der Waals surface area contributed by atoms with Crippen molar-refractivity contribution >= 4 is 41.8 Å². The molecule has 2 saturated heterocycles. The van der Waals surface area contributed by atoms with Crippen LogP contribution in [0.15, 0.2) is 0 Å². The lowest BCUT2D eigenvalue weighted by molar-refractivity contribution is -0.206. The fraction of sp³-hybridized carbons (Fsp3) is 0.863. The molecule has 10 rings (SSSR count). The normalized spacial score (nSPS) is 38.8. The van der Waals surface area contributed by atoms with E-state index in [0.29, 0.717) is 25.7 Å². The van der Waals surface area contributed by atoms with Crippen molar-refractivity contribution in [2.24, 2.45) is 86.8 Å². The van der Waals surface area contributed by atoms with Gasteiger partial charge in [0.05, 0.1) is 54.1 Å². The Morgan fingerprint density at radius 3 is 1.20 bits per heavy atom. The number of fused-ring (bicyclic) bond motifs is 2. The van der Waals surface area contributed by atoms with Crippen LogP contribution in [0.2, 0.25) is 0 Å². The van der Waals surface area contributed by atoms with Gasteiger partial charge in [0, 0.05) is 29.1 Å². The Kier molecular flexibility index (Phi) is 13.2. The minimum Gasteiger partial charge on any atom is -0.469 e. The molecule has 0 aromatic carbocycles. The zero-order valence-electron chi connectivity index (χ0n) is 41.2. The monoisotopic (exact) mass is 913 g/mol. The van der Waals surface area contributed by atoms with Crippen molar-refractivity contribution in [2.75, 3.05) is 14.2 Å². The van der Waals surface area contributed by atoms with Crippen LogP contribution in [0.4, 0.5) is 0 Å². The van der Waals surface area contributed by atoms with Gasteiger partial charge < -0.3 is 33.2 Å². The molecule has 0 amide bonds. The Balaban J connectivity index is 0.000000145. The average molecular weight is 913 g/mol. The zero-order chi connectivity index (χ0) is 47.9. The highest BCUT2D eigenvalue weighted by atomic mass is 16.6. The van der Waals surface area contributed by atoms with E-state index >= 15 is 0 Å². The van der Waals surface area contributed by atoms with Crippen LogP contribution < -0.4 is 0 Å². The minimum atomic E-state index is -0.593. The molecule has 65 heavy (non-hydrogen) atoms. The van der Waals surface area contributed by atoms with E-state index in [2.05, 4.69) is 20.8 Å². The quantitative estimate of drug-likeness (QED) is 0.138. The highest BCUT2D eigenvalue weighted by molar-refractivity contribution is 5.87. The molecule has 14 nitrogen and oxygen atoms in total. The van der Waals surface area contributed by atoms with Gasteiger partial charge in [-0.15, -0.1) is 0 Å². The number of methoxy groups -OCH3 is 2. The fourth-order valence-electron chi connectivity index (χ4n) is 13.5. The Morgan fingerprint density at radius 2 is 0.877 bits per heavy atom. The van der Waals surface area contributed by atoms with E-state index in [-0.39, 0.29) is 69.9 Å². The molecule has 0 aromatic heterocycles. The third-order valence-corrected chi connectivity index (χ3v) is 18.5. The summed E-state index contributed by atoms with van der Waals surface area (Å²) >= 11 is 0. The second kappa shape index (κ2) is 17.4. The minimum absolute atomic E-state index is 0.00857. The molecule has 364 valence electrons. The largest absolute Gasteiger partial charge is 0.469 e. The highest BCUT2D eigenvalue weighted by Gasteiger charge is 2.71. The first-order valence-corrected chi connectivity index (χ1v) is 24.5. The van der Waals surface area contributed by atoms with Crippen LogP contribution in [0, 0.1) is 86.8 Å². The lowest BCUT2D eigenvalue weighted by atomic mass is 9.46. The number of ether oxygens (including phenoxy) is 7. The molecule has 0 N–H and O–H groups in total. The molecule has 0 aromatic rings. The number of carbonyl (C=O) groups excluding carboxylic acids is 7. The summed E-state index contributed by atoms with van der Waals surface area (Å²) in [6.07, 6.45) is 9.77. The summed E-state index contributed by atoms with van der Waals surface area (Å²) in [6, 6.07) is 0.